The number of hydrogen-bond donors (Lipinski definition) is 1. The number of anilines is 2. The summed E-state index contributed by atoms with van der Waals surface area (Å²) in [5.74, 6) is 3.25. The Bertz CT molecular complexity index is 1790. The Morgan fingerprint density at radius 3 is 2.25 bits per heavy atom. The van der Waals surface area contributed by atoms with Gasteiger partial charge < -0.3 is 24.6 Å². The molecule has 7 rings (SSSR count). The largest absolute Gasteiger partial charge is 0.454 e. The topological polar surface area (TPSA) is 141 Å². The lowest BCUT2D eigenvalue weighted by Crippen LogP contribution is -2.55. The number of nitrogens with zero attached hydrogens (tertiary/aromatic N) is 10. The lowest BCUT2D eigenvalue weighted by atomic mass is 10.1. The minimum Gasteiger partial charge on any atom is -0.454 e. The van der Waals surface area contributed by atoms with Crippen molar-refractivity contribution >= 4 is 40.7 Å². The Kier molecular flexibility index (Phi) is 7.58. The number of nitrogens with one attached hydrogen (secondary N) is 1. The highest BCUT2D eigenvalue weighted by Gasteiger charge is 2.32. The van der Waals surface area contributed by atoms with Crippen LogP contribution in [0.1, 0.15) is 12.0 Å². The molecule has 14 nitrogen and oxygen atoms in total. The smallest absolute Gasteiger partial charge is 0.238 e. The van der Waals surface area contributed by atoms with E-state index in [1.165, 1.54) is 0 Å². The van der Waals surface area contributed by atoms with Crippen molar-refractivity contribution in [3.8, 4) is 23.4 Å². The summed E-state index contributed by atoms with van der Waals surface area (Å²) in [4.78, 5) is 43.9. The molecular weight excluding hydrogens is 609 g/mol. The van der Waals surface area contributed by atoms with Gasteiger partial charge in [0.05, 0.1) is 6.04 Å². The van der Waals surface area contributed by atoms with E-state index in [4.69, 9.17) is 42.6 Å². The first kappa shape index (κ1) is 27.9. The molecule has 0 spiro atoms. The van der Waals surface area contributed by atoms with Gasteiger partial charge in [-0.05, 0) is 17.7 Å². The van der Waals surface area contributed by atoms with Gasteiger partial charge in [0.1, 0.15) is 34.6 Å². The summed E-state index contributed by atoms with van der Waals surface area (Å²) in [7, 11) is 0. The van der Waals surface area contributed by atoms with Crippen molar-refractivity contribution < 1.29 is 14.3 Å². The van der Waals surface area contributed by atoms with Crippen LogP contribution in [0.4, 0.5) is 11.6 Å². The molecule has 1 atom stereocenters. The first-order valence-corrected chi connectivity index (χ1v) is 14.5. The van der Waals surface area contributed by atoms with Gasteiger partial charge in [0.2, 0.25) is 24.6 Å². The highest BCUT2D eigenvalue weighted by molar-refractivity contribution is 6.30. The van der Waals surface area contributed by atoms with Gasteiger partial charge in [0.25, 0.3) is 0 Å². The van der Waals surface area contributed by atoms with Crippen LogP contribution in [0.15, 0.2) is 67.8 Å². The van der Waals surface area contributed by atoms with E-state index >= 15 is 0 Å². The number of benzene rings is 1. The van der Waals surface area contributed by atoms with Crippen molar-refractivity contribution in [3.63, 3.8) is 0 Å². The number of hydrogen-bond acceptors (Lipinski definition) is 11. The van der Waals surface area contributed by atoms with Crippen LogP contribution in [-0.4, -0.2) is 77.4 Å². The Balaban J connectivity index is 1.14. The molecule has 4 aromatic heterocycles. The van der Waals surface area contributed by atoms with Crippen LogP contribution in [0, 0.1) is 0 Å². The third-order valence-corrected chi connectivity index (χ3v) is 7.65. The van der Waals surface area contributed by atoms with E-state index in [-0.39, 0.29) is 30.3 Å². The minimum atomic E-state index is -0.299. The van der Waals surface area contributed by atoms with E-state index in [1.807, 2.05) is 18.2 Å². The monoisotopic (exact) mass is 633 g/mol. The van der Waals surface area contributed by atoms with Gasteiger partial charge in [0.15, 0.2) is 11.5 Å². The van der Waals surface area contributed by atoms with Crippen LogP contribution in [0.3, 0.4) is 0 Å². The highest BCUT2D eigenvalue weighted by Crippen LogP contribution is 2.32. The lowest BCUT2D eigenvalue weighted by Gasteiger charge is -2.42. The fourth-order valence-electron chi connectivity index (χ4n) is 5.16. The average molecular weight is 634 g/mol. The predicted octanol–water partition coefficient (Wildman–Crippen LogP) is 3.08. The van der Waals surface area contributed by atoms with Gasteiger partial charge in [-0.2, -0.15) is 9.97 Å². The molecule has 1 fully saturated rings. The highest BCUT2D eigenvalue weighted by atomic mass is 35.5. The van der Waals surface area contributed by atoms with Crippen LogP contribution in [0.2, 0.25) is 10.3 Å². The van der Waals surface area contributed by atoms with E-state index in [2.05, 4.69) is 35.1 Å². The van der Waals surface area contributed by atoms with E-state index in [0.29, 0.717) is 66.4 Å². The Morgan fingerprint density at radius 2 is 1.55 bits per heavy atom. The van der Waals surface area contributed by atoms with E-state index in [1.54, 1.807) is 58.7 Å². The van der Waals surface area contributed by atoms with Crippen molar-refractivity contribution in [1.82, 2.24) is 44.4 Å². The fourth-order valence-corrected chi connectivity index (χ4v) is 5.51. The molecule has 0 aliphatic carbocycles. The second-order valence-corrected chi connectivity index (χ2v) is 10.9. The van der Waals surface area contributed by atoms with E-state index in [9.17, 15) is 4.79 Å². The quantitative estimate of drug-likeness (QED) is 0.252. The molecular formula is C28H25Cl2N11O3. The summed E-state index contributed by atoms with van der Waals surface area (Å²) in [5.41, 5.74) is 0.903. The summed E-state index contributed by atoms with van der Waals surface area (Å²) in [6.07, 6.45) is 10.2. The molecule has 1 unspecified atom stereocenters. The molecule has 2 aliphatic heterocycles. The summed E-state index contributed by atoms with van der Waals surface area (Å²) >= 11 is 12.9. The number of halogens is 2. The molecule has 1 N–H and O–H groups in total. The Morgan fingerprint density at radius 1 is 0.864 bits per heavy atom. The maximum atomic E-state index is 13.4. The number of amides is 1. The van der Waals surface area contributed by atoms with Crippen LogP contribution in [0.5, 0.6) is 11.5 Å². The van der Waals surface area contributed by atoms with Crippen molar-refractivity contribution in [3.05, 3.63) is 83.6 Å². The normalized spacial score (nSPS) is 15.9. The van der Waals surface area contributed by atoms with Crippen LogP contribution in [-0.2, 0) is 11.3 Å². The number of carbonyl (C=O) groups is 1. The third-order valence-electron chi connectivity index (χ3n) is 7.26. The molecule has 0 bridgehead atoms. The zero-order valence-electron chi connectivity index (χ0n) is 23.1. The number of rotatable bonds is 8. The second-order valence-electron chi connectivity index (χ2n) is 10.1. The molecule has 0 radical (unpaired) electrons. The molecule has 5 aromatic rings. The number of fused-ring (bicyclic) bond motifs is 1. The molecule has 1 saturated heterocycles. The second kappa shape index (κ2) is 12.0. The Hall–Kier alpha value is -4.95. The molecule has 2 aliphatic rings. The zero-order chi connectivity index (χ0) is 30.0. The van der Waals surface area contributed by atoms with Gasteiger partial charge in [-0.25, -0.2) is 19.9 Å². The molecule has 1 aromatic carbocycles. The lowest BCUT2D eigenvalue weighted by molar-refractivity contribution is -0.121. The van der Waals surface area contributed by atoms with Crippen LogP contribution < -0.4 is 24.6 Å². The van der Waals surface area contributed by atoms with Gasteiger partial charge in [-0.1, -0.05) is 29.3 Å². The number of imidazole rings is 2. The van der Waals surface area contributed by atoms with Gasteiger partial charge >= 0.3 is 0 Å². The van der Waals surface area contributed by atoms with Crippen molar-refractivity contribution in [2.45, 2.75) is 19.0 Å². The van der Waals surface area contributed by atoms with Gasteiger partial charge in [-0.15, -0.1) is 0 Å². The number of piperazine rings is 1. The third kappa shape index (κ3) is 5.94. The van der Waals surface area contributed by atoms with Gasteiger partial charge in [0, 0.05) is 69.5 Å². The molecule has 16 heteroatoms. The van der Waals surface area contributed by atoms with Crippen molar-refractivity contribution in [2.24, 2.45) is 0 Å². The maximum absolute atomic E-state index is 13.4. The van der Waals surface area contributed by atoms with Gasteiger partial charge in [-0.3, -0.25) is 13.9 Å². The molecule has 0 saturated carbocycles. The van der Waals surface area contributed by atoms with E-state index in [0.717, 1.165) is 5.56 Å². The van der Waals surface area contributed by atoms with E-state index < -0.39 is 0 Å². The molecule has 6 heterocycles. The maximum Gasteiger partial charge on any atom is 0.238 e. The number of carbonyl (C=O) groups excluding carboxylic acids is 1. The SMILES string of the molecule is O=C(CC1CN(c2cc(Cl)nc(-n3ccnc3)n2)CCN1c1cc(Cl)nc(-n2ccnc2)n1)NCc1ccc2c(c1)OCO2. The fraction of sp³-hybridized carbons (Fsp3) is 0.250. The van der Waals surface area contributed by atoms with Crippen LogP contribution >= 0.6 is 23.2 Å². The molecule has 224 valence electrons. The Labute approximate surface area is 261 Å². The van der Waals surface area contributed by atoms with Crippen molar-refractivity contribution in [1.29, 1.82) is 0 Å². The summed E-state index contributed by atoms with van der Waals surface area (Å²) < 4.78 is 14.2. The average Bonchev–Trinajstić information content (AvgIpc) is 3.83. The molecule has 44 heavy (non-hydrogen) atoms. The summed E-state index contributed by atoms with van der Waals surface area (Å²) in [6.45, 7) is 2.09. The summed E-state index contributed by atoms with van der Waals surface area (Å²) in [5, 5.41) is 3.61. The first-order valence-electron chi connectivity index (χ1n) is 13.7. The standard InChI is InChI=1S/C28H25Cl2N11O3/c29-22-11-24(36-27(34-22)39-5-3-31-15-39)38-7-8-41(25-12-23(30)35-28(37-25)40-6-4-32-16-40)19(14-38)10-26(42)33-13-18-1-2-20-21(9-18)44-17-43-20/h1-6,9,11-12,15-16,19H,7-8,10,13-14,17H2,(H,33,42). The molecule has 1 amide bonds. The zero-order valence-corrected chi connectivity index (χ0v) is 24.6. The predicted molar refractivity (Wildman–Crippen MR) is 161 cm³/mol. The summed E-state index contributed by atoms with van der Waals surface area (Å²) in [6, 6.07) is 8.73. The number of ether oxygens (including phenoxy) is 2. The van der Waals surface area contributed by atoms with Crippen molar-refractivity contribution in [2.75, 3.05) is 36.2 Å². The number of aromatic nitrogens is 8. The van der Waals surface area contributed by atoms with Crippen LogP contribution in [0.25, 0.3) is 11.9 Å². The first-order chi connectivity index (χ1) is 21.5. The minimum absolute atomic E-state index is 0.130.